The van der Waals surface area contributed by atoms with Crippen molar-refractivity contribution in [3.63, 3.8) is 0 Å². The van der Waals surface area contributed by atoms with Crippen molar-refractivity contribution in [2.45, 2.75) is 53.4 Å². The molecule has 0 bridgehead atoms. The second-order valence-electron chi connectivity index (χ2n) is 6.54. The van der Waals surface area contributed by atoms with Crippen molar-refractivity contribution in [1.82, 2.24) is 0 Å². The van der Waals surface area contributed by atoms with Crippen LogP contribution in [0.4, 0.5) is 0 Å². The van der Waals surface area contributed by atoms with E-state index in [9.17, 15) is 5.11 Å². The van der Waals surface area contributed by atoms with Crippen LogP contribution in [-0.2, 0) is 0 Å². The summed E-state index contributed by atoms with van der Waals surface area (Å²) < 4.78 is 0. The van der Waals surface area contributed by atoms with Gasteiger partial charge in [0.1, 0.15) is 0 Å². The topological polar surface area (TPSA) is 20.2 Å². The first-order chi connectivity index (χ1) is 7.45. The van der Waals surface area contributed by atoms with Crippen LogP contribution in [0.5, 0.6) is 0 Å². The van der Waals surface area contributed by atoms with Crippen LogP contribution in [0.15, 0.2) is 11.6 Å². The predicted molar refractivity (Wildman–Crippen MR) is 68.2 cm³/mol. The van der Waals surface area contributed by atoms with Gasteiger partial charge in [-0.1, -0.05) is 32.4 Å². The summed E-state index contributed by atoms with van der Waals surface area (Å²) in [5.74, 6) is 1.32. The maximum Gasteiger partial charge on any atom is 0.0490 e. The summed E-state index contributed by atoms with van der Waals surface area (Å²) in [4.78, 5) is 0. The minimum absolute atomic E-state index is 0.127. The zero-order valence-electron chi connectivity index (χ0n) is 11.2. The maximum absolute atomic E-state index is 9.84. The third-order valence-corrected chi connectivity index (χ3v) is 5.94. The van der Waals surface area contributed by atoms with Gasteiger partial charge in [0.05, 0.1) is 0 Å². The van der Waals surface area contributed by atoms with Crippen LogP contribution in [0, 0.1) is 22.7 Å². The summed E-state index contributed by atoms with van der Waals surface area (Å²) in [6, 6.07) is 0. The third-order valence-electron chi connectivity index (χ3n) is 5.94. The first-order valence-electron chi connectivity index (χ1n) is 6.73. The van der Waals surface area contributed by atoms with E-state index >= 15 is 0 Å². The van der Waals surface area contributed by atoms with E-state index in [0.717, 1.165) is 0 Å². The van der Waals surface area contributed by atoms with Crippen molar-refractivity contribution in [3.8, 4) is 0 Å². The molecule has 1 nitrogen and oxygen atoms in total. The predicted octanol–water partition coefficient (Wildman–Crippen LogP) is 3.78. The normalized spacial score (nSPS) is 48.4. The molecule has 2 aliphatic carbocycles. The molecule has 0 aromatic rings. The molecule has 1 N–H and O–H groups in total. The fourth-order valence-electron chi connectivity index (χ4n) is 4.18. The Bertz CT molecular complexity index is 307. The first kappa shape index (κ1) is 12.2. The Morgan fingerprint density at radius 1 is 1.38 bits per heavy atom. The van der Waals surface area contributed by atoms with Gasteiger partial charge in [0.15, 0.2) is 0 Å². The van der Waals surface area contributed by atoms with Crippen molar-refractivity contribution in [3.05, 3.63) is 11.6 Å². The molecule has 4 unspecified atom stereocenters. The minimum Gasteiger partial charge on any atom is -0.396 e. The van der Waals surface area contributed by atoms with E-state index in [1.165, 1.54) is 25.7 Å². The van der Waals surface area contributed by atoms with Gasteiger partial charge in [-0.3, -0.25) is 0 Å². The molecule has 0 amide bonds. The van der Waals surface area contributed by atoms with Crippen molar-refractivity contribution in [2.24, 2.45) is 22.7 Å². The van der Waals surface area contributed by atoms with E-state index in [1.54, 1.807) is 5.57 Å². The highest BCUT2D eigenvalue weighted by Crippen LogP contribution is 2.59. The van der Waals surface area contributed by atoms with Gasteiger partial charge in [-0.15, -0.1) is 0 Å². The lowest BCUT2D eigenvalue weighted by molar-refractivity contribution is -0.0738. The van der Waals surface area contributed by atoms with Gasteiger partial charge in [-0.05, 0) is 55.3 Å². The Kier molecular flexibility index (Phi) is 2.94. The summed E-state index contributed by atoms with van der Waals surface area (Å²) in [5, 5.41) is 9.84. The van der Waals surface area contributed by atoms with Gasteiger partial charge < -0.3 is 5.11 Å². The minimum atomic E-state index is 0.127. The van der Waals surface area contributed by atoms with Crippen LogP contribution in [-0.4, -0.2) is 11.7 Å². The summed E-state index contributed by atoms with van der Waals surface area (Å²) in [6.07, 6.45) is 7.44. The molecule has 0 heterocycles. The molecule has 4 atom stereocenters. The Hall–Kier alpha value is -0.300. The summed E-state index contributed by atoms with van der Waals surface area (Å²) in [5.41, 5.74) is 2.04. The van der Waals surface area contributed by atoms with Gasteiger partial charge in [0.2, 0.25) is 0 Å². The molecule has 0 saturated heterocycles. The number of aliphatic hydroxyl groups excluding tert-OH is 1. The molecule has 1 fully saturated rings. The molecule has 1 heteroatoms. The SMILES string of the molecule is CC1=CCCC2C1(C)CCC(C)C2(C)CO. The van der Waals surface area contributed by atoms with Crippen LogP contribution in [0.3, 0.4) is 0 Å². The lowest BCUT2D eigenvalue weighted by Crippen LogP contribution is -2.51. The smallest absolute Gasteiger partial charge is 0.0490 e. The molecule has 1 saturated carbocycles. The highest BCUT2D eigenvalue weighted by Gasteiger charge is 2.52. The van der Waals surface area contributed by atoms with E-state index in [1.807, 2.05) is 0 Å². The maximum atomic E-state index is 9.84. The molecule has 0 aromatic carbocycles. The standard InChI is InChI=1S/C15H26O/c1-11-6-5-7-13-14(11,3)9-8-12(2)15(13,4)10-16/h6,12-13,16H,5,7-10H2,1-4H3. The van der Waals surface area contributed by atoms with E-state index in [2.05, 4.69) is 33.8 Å². The van der Waals surface area contributed by atoms with Crippen molar-refractivity contribution >= 4 is 0 Å². The molecular weight excluding hydrogens is 196 g/mol. The molecule has 0 spiro atoms. The fraction of sp³-hybridized carbons (Fsp3) is 0.867. The van der Waals surface area contributed by atoms with Crippen LogP contribution >= 0.6 is 0 Å². The van der Waals surface area contributed by atoms with Crippen LogP contribution < -0.4 is 0 Å². The quantitative estimate of drug-likeness (QED) is 0.669. The van der Waals surface area contributed by atoms with Gasteiger partial charge in [0, 0.05) is 6.61 Å². The van der Waals surface area contributed by atoms with E-state index in [4.69, 9.17) is 0 Å². The molecule has 0 aliphatic heterocycles. The monoisotopic (exact) mass is 222 g/mol. The largest absolute Gasteiger partial charge is 0.396 e. The number of hydrogen-bond acceptors (Lipinski definition) is 1. The third kappa shape index (κ3) is 1.48. The van der Waals surface area contributed by atoms with Gasteiger partial charge in [-0.25, -0.2) is 0 Å². The molecule has 2 aliphatic rings. The van der Waals surface area contributed by atoms with Crippen molar-refractivity contribution < 1.29 is 5.11 Å². The Morgan fingerprint density at radius 2 is 2.06 bits per heavy atom. The summed E-state index contributed by atoms with van der Waals surface area (Å²) >= 11 is 0. The summed E-state index contributed by atoms with van der Waals surface area (Å²) in [7, 11) is 0. The molecule has 0 radical (unpaired) electrons. The lowest BCUT2D eigenvalue weighted by atomic mass is 9.48. The van der Waals surface area contributed by atoms with E-state index < -0.39 is 0 Å². The Morgan fingerprint density at radius 3 is 2.69 bits per heavy atom. The average molecular weight is 222 g/mol. The second kappa shape index (κ2) is 3.87. The summed E-state index contributed by atoms with van der Waals surface area (Å²) in [6.45, 7) is 9.69. The van der Waals surface area contributed by atoms with Crippen molar-refractivity contribution in [1.29, 1.82) is 0 Å². The Balaban J connectivity index is 2.40. The zero-order chi connectivity index (χ0) is 12.0. The lowest BCUT2D eigenvalue weighted by Gasteiger charge is -2.57. The average Bonchev–Trinajstić information content (AvgIpc) is 2.27. The van der Waals surface area contributed by atoms with Gasteiger partial charge >= 0.3 is 0 Å². The van der Waals surface area contributed by atoms with E-state index in [0.29, 0.717) is 23.9 Å². The molecule has 0 aromatic heterocycles. The van der Waals surface area contributed by atoms with Gasteiger partial charge in [-0.2, -0.15) is 0 Å². The molecular formula is C15H26O. The highest BCUT2D eigenvalue weighted by molar-refractivity contribution is 5.20. The van der Waals surface area contributed by atoms with Gasteiger partial charge in [0.25, 0.3) is 0 Å². The van der Waals surface area contributed by atoms with Crippen LogP contribution in [0.25, 0.3) is 0 Å². The first-order valence-corrected chi connectivity index (χ1v) is 6.73. The Labute approximate surface area is 99.9 Å². The highest BCUT2D eigenvalue weighted by atomic mass is 16.3. The number of hydrogen-bond donors (Lipinski definition) is 1. The van der Waals surface area contributed by atoms with Crippen LogP contribution in [0.1, 0.15) is 53.4 Å². The van der Waals surface area contributed by atoms with Crippen LogP contribution in [0.2, 0.25) is 0 Å². The molecule has 2 rings (SSSR count). The van der Waals surface area contributed by atoms with E-state index in [-0.39, 0.29) is 5.41 Å². The zero-order valence-corrected chi connectivity index (χ0v) is 11.2. The number of allylic oxidation sites excluding steroid dienone is 2. The molecule has 16 heavy (non-hydrogen) atoms. The fourth-order valence-corrected chi connectivity index (χ4v) is 4.18. The second-order valence-corrected chi connectivity index (χ2v) is 6.54. The van der Waals surface area contributed by atoms with Crippen molar-refractivity contribution in [2.75, 3.05) is 6.61 Å². The molecule has 92 valence electrons. The number of rotatable bonds is 1. The number of fused-ring (bicyclic) bond motifs is 1. The number of aliphatic hydroxyl groups is 1.